The third-order valence-corrected chi connectivity index (χ3v) is 4.20. The molecule has 3 nitrogen and oxygen atoms in total. The van der Waals surface area contributed by atoms with Crippen molar-refractivity contribution in [3.8, 4) is 0 Å². The number of sulfone groups is 1. The van der Waals surface area contributed by atoms with Crippen LogP contribution in [-0.2, 0) is 15.6 Å². The minimum atomic E-state index is -3.09. The number of H-pyrrole nitrogens is 1. The lowest BCUT2D eigenvalue weighted by Crippen LogP contribution is -2.05. The van der Waals surface area contributed by atoms with Crippen molar-refractivity contribution < 1.29 is 12.8 Å². The lowest BCUT2D eigenvalue weighted by Gasteiger charge is -1.99. The molecule has 2 rings (SSSR count). The number of hydrogen-bond acceptors (Lipinski definition) is 2. The summed E-state index contributed by atoms with van der Waals surface area (Å²) < 4.78 is 36.3. The first-order valence-corrected chi connectivity index (χ1v) is 6.80. The van der Waals surface area contributed by atoms with Crippen LogP contribution in [0.5, 0.6) is 0 Å². The molecular formula is C11H12FNO2S. The third kappa shape index (κ3) is 1.95. The molecule has 86 valence electrons. The van der Waals surface area contributed by atoms with Crippen LogP contribution in [0.25, 0.3) is 10.9 Å². The number of hydrogen-bond donors (Lipinski definition) is 1. The maximum atomic E-state index is 13.3. The molecule has 0 aliphatic rings. The highest BCUT2D eigenvalue weighted by molar-refractivity contribution is 7.90. The second-order valence-electron chi connectivity index (χ2n) is 3.65. The van der Waals surface area contributed by atoms with Crippen LogP contribution in [0, 0.1) is 5.82 Å². The van der Waals surface area contributed by atoms with Crippen molar-refractivity contribution in [1.29, 1.82) is 0 Å². The zero-order chi connectivity index (χ0) is 11.8. The smallest absolute Gasteiger partial charge is 0.154 e. The maximum absolute atomic E-state index is 13.3. The van der Waals surface area contributed by atoms with Gasteiger partial charge in [-0.1, -0.05) is 19.1 Å². The van der Waals surface area contributed by atoms with E-state index in [-0.39, 0.29) is 17.3 Å². The number of rotatable bonds is 3. The van der Waals surface area contributed by atoms with Crippen molar-refractivity contribution in [2.75, 3.05) is 5.75 Å². The number of fused-ring (bicyclic) bond motifs is 1. The van der Waals surface area contributed by atoms with E-state index in [1.165, 1.54) is 6.07 Å². The molecule has 0 aliphatic heterocycles. The first-order valence-electron chi connectivity index (χ1n) is 4.98. The van der Waals surface area contributed by atoms with Gasteiger partial charge >= 0.3 is 0 Å². The largest absolute Gasteiger partial charge is 0.358 e. The number of aromatic nitrogens is 1. The fourth-order valence-corrected chi connectivity index (χ4v) is 2.55. The topological polar surface area (TPSA) is 49.9 Å². The predicted octanol–water partition coefficient (Wildman–Crippen LogP) is 2.24. The molecule has 1 aromatic carbocycles. The summed E-state index contributed by atoms with van der Waals surface area (Å²) in [7, 11) is -3.09. The number of halogens is 1. The fourth-order valence-electron chi connectivity index (χ4n) is 1.63. The molecule has 0 fully saturated rings. The van der Waals surface area contributed by atoms with Gasteiger partial charge in [0, 0.05) is 17.3 Å². The minimum absolute atomic E-state index is 0.0487. The normalized spacial score (nSPS) is 12.1. The van der Waals surface area contributed by atoms with Crippen LogP contribution in [-0.4, -0.2) is 19.2 Å². The number of nitrogens with one attached hydrogen (secondary N) is 1. The number of aromatic amines is 1. The van der Waals surface area contributed by atoms with Gasteiger partial charge in [0.15, 0.2) is 9.84 Å². The van der Waals surface area contributed by atoms with E-state index in [2.05, 4.69) is 4.98 Å². The number of para-hydroxylation sites is 1. The Morgan fingerprint density at radius 1 is 1.38 bits per heavy atom. The Morgan fingerprint density at radius 3 is 2.81 bits per heavy atom. The average Bonchev–Trinajstić information content (AvgIpc) is 2.63. The van der Waals surface area contributed by atoms with Gasteiger partial charge in [-0.25, -0.2) is 12.8 Å². The van der Waals surface area contributed by atoms with Gasteiger partial charge in [-0.05, 0) is 11.6 Å². The summed E-state index contributed by atoms with van der Waals surface area (Å²) in [4.78, 5) is 2.76. The zero-order valence-corrected chi connectivity index (χ0v) is 9.64. The SMILES string of the molecule is CCS(=O)(=O)Cc1c[nH]c2c(F)cccc12. The molecule has 0 unspecified atom stereocenters. The molecule has 16 heavy (non-hydrogen) atoms. The highest BCUT2D eigenvalue weighted by Crippen LogP contribution is 2.22. The Balaban J connectivity index is 2.51. The van der Waals surface area contributed by atoms with Crippen LogP contribution in [0.15, 0.2) is 24.4 Å². The highest BCUT2D eigenvalue weighted by Gasteiger charge is 2.13. The Morgan fingerprint density at radius 2 is 2.12 bits per heavy atom. The molecule has 2 aromatic rings. The van der Waals surface area contributed by atoms with Crippen molar-refractivity contribution in [2.45, 2.75) is 12.7 Å². The zero-order valence-electron chi connectivity index (χ0n) is 8.83. The second kappa shape index (κ2) is 3.90. The summed E-state index contributed by atoms with van der Waals surface area (Å²) in [5.41, 5.74) is 0.986. The van der Waals surface area contributed by atoms with Gasteiger partial charge in [-0.15, -0.1) is 0 Å². The summed E-state index contributed by atoms with van der Waals surface area (Å²) in [6.45, 7) is 1.60. The van der Waals surface area contributed by atoms with E-state index in [9.17, 15) is 12.8 Å². The summed E-state index contributed by atoms with van der Waals surface area (Å²) in [6.07, 6.45) is 1.56. The first-order chi connectivity index (χ1) is 7.53. The molecule has 1 N–H and O–H groups in total. The maximum Gasteiger partial charge on any atom is 0.154 e. The van der Waals surface area contributed by atoms with E-state index < -0.39 is 9.84 Å². The van der Waals surface area contributed by atoms with Crippen molar-refractivity contribution in [3.63, 3.8) is 0 Å². The monoisotopic (exact) mass is 241 g/mol. The molecule has 1 aromatic heterocycles. The van der Waals surface area contributed by atoms with Gasteiger partial charge in [0.25, 0.3) is 0 Å². The van der Waals surface area contributed by atoms with Crippen LogP contribution in [0.3, 0.4) is 0 Å². The van der Waals surface area contributed by atoms with E-state index in [0.29, 0.717) is 16.5 Å². The van der Waals surface area contributed by atoms with E-state index in [1.807, 2.05) is 0 Å². The van der Waals surface area contributed by atoms with Crippen molar-refractivity contribution in [3.05, 3.63) is 35.8 Å². The lowest BCUT2D eigenvalue weighted by molar-refractivity contribution is 0.596. The minimum Gasteiger partial charge on any atom is -0.358 e. The summed E-state index contributed by atoms with van der Waals surface area (Å²) in [5.74, 6) is -0.320. The molecule has 0 bridgehead atoms. The lowest BCUT2D eigenvalue weighted by atomic mass is 10.2. The second-order valence-corrected chi connectivity index (χ2v) is 6.01. The van der Waals surface area contributed by atoms with Crippen LogP contribution in [0.4, 0.5) is 4.39 Å². The van der Waals surface area contributed by atoms with Crippen molar-refractivity contribution in [1.82, 2.24) is 4.98 Å². The van der Waals surface area contributed by atoms with Crippen molar-refractivity contribution in [2.24, 2.45) is 0 Å². The highest BCUT2D eigenvalue weighted by atomic mass is 32.2. The fraction of sp³-hybridized carbons (Fsp3) is 0.273. The van der Waals surface area contributed by atoms with Gasteiger partial charge in [0.1, 0.15) is 5.82 Å². The molecule has 0 spiro atoms. The summed E-state index contributed by atoms with van der Waals surface area (Å²) in [5, 5.41) is 0.636. The van der Waals surface area contributed by atoms with E-state index in [1.54, 1.807) is 25.3 Å². The van der Waals surface area contributed by atoms with Gasteiger partial charge in [0.05, 0.1) is 11.3 Å². The molecule has 0 amide bonds. The van der Waals surface area contributed by atoms with Crippen LogP contribution < -0.4 is 0 Å². The Labute approximate surface area is 93.2 Å². The molecule has 0 atom stereocenters. The molecule has 0 saturated carbocycles. The summed E-state index contributed by atoms with van der Waals surface area (Å²) in [6, 6.07) is 4.64. The quantitative estimate of drug-likeness (QED) is 0.896. The average molecular weight is 241 g/mol. The Bertz CT molecular complexity index is 616. The third-order valence-electron chi connectivity index (χ3n) is 2.57. The molecule has 0 radical (unpaired) electrons. The van der Waals surface area contributed by atoms with Gasteiger partial charge in [0.2, 0.25) is 0 Å². The number of benzene rings is 1. The standard InChI is InChI=1S/C11H12FNO2S/c1-2-16(14,15)7-8-6-13-11-9(8)4-3-5-10(11)12/h3-6,13H,2,7H2,1H3. The van der Waals surface area contributed by atoms with E-state index >= 15 is 0 Å². The molecule has 1 heterocycles. The van der Waals surface area contributed by atoms with Gasteiger partial charge in [-0.2, -0.15) is 0 Å². The predicted molar refractivity (Wildman–Crippen MR) is 61.4 cm³/mol. The van der Waals surface area contributed by atoms with Crippen LogP contribution in [0.2, 0.25) is 0 Å². The molecule has 0 aliphatic carbocycles. The van der Waals surface area contributed by atoms with E-state index in [0.717, 1.165) is 0 Å². The Kier molecular flexibility index (Phi) is 2.71. The summed E-state index contributed by atoms with van der Waals surface area (Å²) >= 11 is 0. The van der Waals surface area contributed by atoms with Gasteiger partial charge in [-0.3, -0.25) is 0 Å². The van der Waals surface area contributed by atoms with Crippen molar-refractivity contribution >= 4 is 20.7 Å². The van der Waals surface area contributed by atoms with E-state index in [4.69, 9.17) is 0 Å². The molecule has 5 heteroatoms. The van der Waals surface area contributed by atoms with Gasteiger partial charge < -0.3 is 4.98 Å². The Hall–Kier alpha value is -1.36. The van der Waals surface area contributed by atoms with Crippen LogP contribution >= 0.6 is 0 Å². The molecule has 0 saturated heterocycles. The first kappa shape index (κ1) is 11.1. The molecular weight excluding hydrogens is 229 g/mol. The van der Waals surface area contributed by atoms with Crippen LogP contribution in [0.1, 0.15) is 12.5 Å².